The van der Waals surface area contributed by atoms with Crippen molar-refractivity contribution in [3.63, 3.8) is 0 Å². The molecule has 0 aromatic heterocycles. The van der Waals surface area contributed by atoms with Gasteiger partial charge in [-0.15, -0.1) is 0 Å². The third-order valence-corrected chi connectivity index (χ3v) is 4.05. The second-order valence-electron chi connectivity index (χ2n) is 5.47. The Bertz CT molecular complexity index is 379. The molecule has 0 saturated heterocycles. The number of rotatable bonds is 5. The largest absolute Gasteiger partial charge is 0.310 e. The lowest BCUT2D eigenvalue weighted by molar-refractivity contribution is 0.262. The zero-order valence-corrected chi connectivity index (χ0v) is 11.6. The highest BCUT2D eigenvalue weighted by molar-refractivity contribution is 5.24. The molecule has 0 bridgehead atoms. The lowest BCUT2D eigenvalue weighted by Crippen LogP contribution is -2.31. The van der Waals surface area contributed by atoms with Crippen LogP contribution < -0.4 is 5.32 Å². The summed E-state index contributed by atoms with van der Waals surface area (Å²) in [6.07, 6.45) is 6.69. The fourth-order valence-electron chi connectivity index (χ4n) is 3.08. The Hall–Kier alpha value is -0.960. The van der Waals surface area contributed by atoms with Crippen molar-refractivity contribution in [2.24, 2.45) is 5.92 Å². The van der Waals surface area contributed by atoms with E-state index in [-0.39, 0.29) is 11.6 Å². The van der Waals surface area contributed by atoms with Crippen LogP contribution in [0.25, 0.3) is 0 Å². The standard InChI is InChI=1S/C16H23F2N/c1-2-11-19-16(12-7-4-3-5-8-12)15-13(17)9-6-10-14(15)18/h6,9-10,12,16,19H,2-5,7-8,11H2,1H3. The van der Waals surface area contributed by atoms with E-state index in [2.05, 4.69) is 12.2 Å². The molecular weight excluding hydrogens is 244 g/mol. The number of hydrogen-bond donors (Lipinski definition) is 1. The van der Waals surface area contributed by atoms with Crippen LogP contribution in [0.15, 0.2) is 18.2 Å². The molecule has 1 aromatic carbocycles. The molecule has 0 radical (unpaired) electrons. The Morgan fingerprint density at radius 3 is 2.37 bits per heavy atom. The molecule has 1 saturated carbocycles. The molecule has 19 heavy (non-hydrogen) atoms. The minimum atomic E-state index is -0.417. The SMILES string of the molecule is CCCNC(c1c(F)cccc1F)C1CCCCC1. The molecule has 2 rings (SSSR count). The molecule has 106 valence electrons. The van der Waals surface area contributed by atoms with Crippen LogP contribution in [0, 0.1) is 17.6 Å². The Morgan fingerprint density at radius 1 is 1.16 bits per heavy atom. The van der Waals surface area contributed by atoms with Gasteiger partial charge in [0.25, 0.3) is 0 Å². The fraction of sp³-hybridized carbons (Fsp3) is 0.625. The van der Waals surface area contributed by atoms with E-state index in [1.807, 2.05) is 0 Å². The zero-order chi connectivity index (χ0) is 13.7. The minimum absolute atomic E-state index is 0.179. The summed E-state index contributed by atoms with van der Waals surface area (Å²) in [6, 6.07) is 3.98. The zero-order valence-electron chi connectivity index (χ0n) is 11.6. The summed E-state index contributed by atoms with van der Waals surface area (Å²) in [5, 5.41) is 3.36. The van der Waals surface area contributed by atoms with Gasteiger partial charge in [-0.25, -0.2) is 8.78 Å². The van der Waals surface area contributed by atoms with E-state index in [0.29, 0.717) is 5.92 Å². The second kappa shape index (κ2) is 6.99. The Kier molecular flexibility index (Phi) is 5.32. The van der Waals surface area contributed by atoms with Crippen LogP contribution in [0.3, 0.4) is 0 Å². The molecule has 0 aliphatic heterocycles. The maximum Gasteiger partial charge on any atom is 0.130 e. The summed E-state index contributed by atoms with van der Waals surface area (Å²) in [5.41, 5.74) is 0.239. The third-order valence-electron chi connectivity index (χ3n) is 4.05. The van der Waals surface area contributed by atoms with Gasteiger partial charge in [0.1, 0.15) is 11.6 Å². The summed E-state index contributed by atoms with van der Waals surface area (Å²) in [4.78, 5) is 0. The van der Waals surface area contributed by atoms with Crippen LogP contribution in [0.2, 0.25) is 0 Å². The predicted molar refractivity (Wildman–Crippen MR) is 74.0 cm³/mol. The van der Waals surface area contributed by atoms with Crippen molar-refractivity contribution < 1.29 is 8.78 Å². The molecule has 1 aliphatic rings. The van der Waals surface area contributed by atoms with Crippen molar-refractivity contribution in [1.29, 1.82) is 0 Å². The second-order valence-corrected chi connectivity index (χ2v) is 5.47. The van der Waals surface area contributed by atoms with E-state index in [1.54, 1.807) is 0 Å². The number of nitrogens with one attached hydrogen (secondary N) is 1. The van der Waals surface area contributed by atoms with Gasteiger partial charge in [-0.1, -0.05) is 32.3 Å². The van der Waals surface area contributed by atoms with Crippen molar-refractivity contribution >= 4 is 0 Å². The van der Waals surface area contributed by atoms with Gasteiger partial charge in [0.15, 0.2) is 0 Å². The smallest absolute Gasteiger partial charge is 0.130 e. The molecule has 0 heterocycles. The average molecular weight is 267 g/mol. The first-order chi connectivity index (χ1) is 9.24. The van der Waals surface area contributed by atoms with Gasteiger partial charge in [0.2, 0.25) is 0 Å². The van der Waals surface area contributed by atoms with Crippen LogP contribution in [0.4, 0.5) is 8.78 Å². The van der Waals surface area contributed by atoms with Crippen LogP contribution in [0.5, 0.6) is 0 Å². The quantitative estimate of drug-likeness (QED) is 0.823. The molecule has 1 aromatic rings. The van der Waals surface area contributed by atoms with Crippen LogP contribution in [0.1, 0.15) is 57.1 Å². The van der Waals surface area contributed by atoms with Crippen LogP contribution >= 0.6 is 0 Å². The van der Waals surface area contributed by atoms with Gasteiger partial charge < -0.3 is 5.32 Å². The first kappa shape index (κ1) is 14.4. The summed E-state index contributed by atoms with van der Waals surface area (Å²) in [7, 11) is 0. The van der Waals surface area contributed by atoms with Crippen molar-refractivity contribution in [3.8, 4) is 0 Å². The molecule has 0 spiro atoms. The van der Waals surface area contributed by atoms with E-state index in [9.17, 15) is 8.78 Å². The highest BCUT2D eigenvalue weighted by atomic mass is 19.1. The van der Waals surface area contributed by atoms with Crippen molar-refractivity contribution in [1.82, 2.24) is 5.32 Å². The number of benzene rings is 1. The molecule has 1 nitrogen and oxygen atoms in total. The van der Waals surface area contributed by atoms with Crippen molar-refractivity contribution in [3.05, 3.63) is 35.4 Å². The first-order valence-corrected chi connectivity index (χ1v) is 7.41. The summed E-state index contributed by atoms with van der Waals surface area (Å²) < 4.78 is 28.0. The molecule has 1 unspecified atom stereocenters. The molecule has 3 heteroatoms. The lowest BCUT2D eigenvalue weighted by Gasteiger charge is -2.31. The lowest BCUT2D eigenvalue weighted by atomic mass is 9.80. The minimum Gasteiger partial charge on any atom is -0.310 e. The highest BCUT2D eigenvalue weighted by Crippen LogP contribution is 2.36. The molecular formula is C16H23F2N. The molecule has 0 amide bonds. The summed E-state index contributed by atoms with van der Waals surface area (Å²) in [6.45, 7) is 2.87. The van der Waals surface area contributed by atoms with E-state index in [0.717, 1.165) is 25.8 Å². The van der Waals surface area contributed by atoms with Gasteiger partial charge in [-0.3, -0.25) is 0 Å². The van der Waals surface area contributed by atoms with Gasteiger partial charge >= 0.3 is 0 Å². The molecule has 1 aliphatic carbocycles. The Balaban J connectivity index is 2.25. The van der Waals surface area contributed by atoms with Crippen molar-refractivity contribution in [2.75, 3.05) is 6.54 Å². The molecule has 1 N–H and O–H groups in total. The highest BCUT2D eigenvalue weighted by Gasteiger charge is 2.28. The van der Waals surface area contributed by atoms with Gasteiger partial charge in [0.05, 0.1) is 0 Å². The maximum atomic E-state index is 14.0. The fourth-order valence-corrected chi connectivity index (χ4v) is 3.08. The average Bonchev–Trinajstić information content (AvgIpc) is 2.43. The molecule has 1 atom stereocenters. The van der Waals surface area contributed by atoms with Gasteiger partial charge in [0, 0.05) is 11.6 Å². The first-order valence-electron chi connectivity index (χ1n) is 7.41. The van der Waals surface area contributed by atoms with Gasteiger partial charge in [-0.2, -0.15) is 0 Å². The Morgan fingerprint density at radius 2 is 1.79 bits per heavy atom. The predicted octanol–water partition coefficient (Wildman–Crippen LogP) is 4.59. The summed E-state index contributed by atoms with van der Waals surface area (Å²) >= 11 is 0. The monoisotopic (exact) mass is 267 g/mol. The van der Waals surface area contributed by atoms with E-state index < -0.39 is 11.6 Å². The third kappa shape index (κ3) is 3.53. The number of hydrogen-bond acceptors (Lipinski definition) is 1. The maximum absolute atomic E-state index is 14.0. The van der Waals surface area contributed by atoms with Crippen LogP contribution in [-0.4, -0.2) is 6.54 Å². The topological polar surface area (TPSA) is 12.0 Å². The number of halogens is 2. The van der Waals surface area contributed by atoms with E-state index in [4.69, 9.17) is 0 Å². The molecule has 1 fully saturated rings. The van der Waals surface area contributed by atoms with Gasteiger partial charge in [-0.05, 0) is 43.9 Å². The van der Waals surface area contributed by atoms with E-state index in [1.165, 1.54) is 37.5 Å². The normalized spacial score (nSPS) is 18.5. The van der Waals surface area contributed by atoms with E-state index >= 15 is 0 Å². The van der Waals surface area contributed by atoms with Crippen LogP contribution in [-0.2, 0) is 0 Å². The Labute approximate surface area is 114 Å². The van der Waals surface area contributed by atoms with Crippen molar-refractivity contribution in [2.45, 2.75) is 51.5 Å². The summed E-state index contributed by atoms with van der Waals surface area (Å²) in [5.74, 6) is -0.481.